The first-order valence-electron chi connectivity index (χ1n) is 7.96. The molecule has 1 saturated carbocycles. The predicted molar refractivity (Wildman–Crippen MR) is 90.3 cm³/mol. The first-order chi connectivity index (χ1) is 10.8. The van der Waals surface area contributed by atoms with E-state index in [1.165, 1.54) is 16.1 Å². The smallest absolute Gasteiger partial charge is 0.242 e. The number of fused-ring (bicyclic) bond motifs is 1. The first kappa shape index (κ1) is 13.8. The minimum Gasteiger partial charge on any atom is -0.362 e. The molecule has 1 aromatic carbocycles. The number of anilines is 1. The molecule has 1 aliphatic carbocycles. The molecule has 1 aromatic heterocycles. The van der Waals surface area contributed by atoms with Crippen LogP contribution in [0.2, 0.25) is 0 Å². The van der Waals surface area contributed by atoms with E-state index < -0.39 is 0 Å². The number of carbonyl (C=O) groups excluding carboxylic acids is 1. The van der Waals surface area contributed by atoms with Gasteiger partial charge < -0.3 is 9.80 Å². The summed E-state index contributed by atoms with van der Waals surface area (Å²) in [5.74, 6) is 0.271. The Morgan fingerprint density at radius 1 is 1.23 bits per heavy atom. The van der Waals surface area contributed by atoms with Gasteiger partial charge in [0.05, 0.1) is 13.1 Å². The molecule has 2 aliphatic rings. The number of hydrogen-bond donors (Lipinski definition) is 0. The van der Waals surface area contributed by atoms with Crippen LogP contribution in [0.3, 0.4) is 0 Å². The van der Waals surface area contributed by atoms with Crippen LogP contribution in [0, 0.1) is 0 Å². The largest absolute Gasteiger partial charge is 0.362 e. The van der Waals surface area contributed by atoms with Crippen molar-refractivity contribution in [2.24, 2.45) is 0 Å². The van der Waals surface area contributed by atoms with Crippen molar-refractivity contribution >= 4 is 22.9 Å². The van der Waals surface area contributed by atoms with Crippen LogP contribution in [-0.4, -0.2) is 29.9 Å². The maximum atomic E-state index is 12.8. The quantitative estimate of drug-likeness (QED) is 0.846. The van der Waals surface area contributed by atoms with E-state index in [9.17, 15) is 4.79 Å². The van der Waals surface area contributed by atoms with E-state index in [1.807, 2.05) is 0 Å². The van der Waals surface area contributed by atoms with Crippen LogP contribution < -0.4 is 4.90 Å². The van der Waals surface area contributed by atoms with E-state index in [0.717, 1.165) is 32.4 Å². The minimum atomic E-state index is 0.271. The average molecular weight is 312 g/mol. The third-order valence-electron chi connectivity index (χ3n) is 4.52. The van der Waals surface area contributed by atoms with Gasteiger partial charge in [-0.3, -0.25) is 4.79 Å². The van der Waals surface area contributed by atoms with Crippen LogP contribution in [0.4, 0.5) is 5.69 Å². The summed E-state index contributed by atoms with van der Waals surface area (Å²) in [5.41, 5.74) is 2.61. The number of para-hydroxylation sites is 1. The summed E-state index contributed by atoms with van der Waals surface area (Å²) in [4.78, 5) is 18.4. The van der Waals surface area contributed by atoms with Crippen LogP contribution in [0.25, 0.3) is 0 Å². The van der Waals surface area contributed by atoms with Gasteiger partial charge in [-0.2, -0.15) is 0 Å². The van der Waals surface area contributed by atoms with Gasteiger partial charge in [0.25, 0.3) is 0 Å². The van der Waals surface area contributed by atoms with Gasteiger partial charge >= 0.3 is 0 Å². The summed E-state index contributed by atoms with van der Waals surface area (Å²) in [6.07, 6.45) is 3.37. The Bertz CT molecular complexity index is 663. The molecule has 0 N–H and O–H groups in total. The molecule has 114 valence electrons. The Balaban J connectivity index is 1.46. The third-order valence-corrected chi connectivity index (χ3v) is 5.38. The Morgan fingerprint density at radius 3 is 2.86 bits per heavy atom. The minimum absolute atomic E-state index is 0.271. The van der Waals surface area contributed by atoms with Crippen LogP contribution in [0.1, 0.15) is 23.3 Å². The lowest BCUT2D eigenvalue weighted by molar-refractivity contribution is -0.130. The summed E-state index contributed by atoms with van der Waals surface area (Å²) < 4.78 is 0. The molecule has 2 aromatic rings. The highest BCUT2D eigenvalue weighted by Crippen LogP contribution is 2.31. The summed E-state index contributed by atoms with van der Waals surface area (Å²) in [6.45, 7) is 2.25. The Hall–Kier alpha value is -1.81. The lowest BCUT2D eigenvalue weighted by atomic mass is 10.2. The fraction of sp³-hybridized carbons (Fsp3) is 0.389. The van der Waals surface area contributed by atoms with Crippen molar-refractivity contribution in [3.05, 3.63) is 52.2 Å². The van der Waals surface area contributed by atoms with Gasteiger partial charge in [-0.1, -0.05) is 24.3 Å². The molecule has 4 heteroatoms. The molecule has 1 amide bonds. The molecule has 0 radical (unpaired) electrons. The number of amides is 1. The molecule has 0 bridgehead atoms. The van der Waals surface area contributed by atoms with Crippen molar-refractivity contribution in [2.75, 3.05) is 18.0 Å². The molecular weight excluding hydrogens is 292 g/mol. The van der Waals surface area contributed by atoms with Crippen LogP contribution in [-0.2, 0) is 17.8 Å². The van der Waals surface area contributed by atoms with E-state index in [4.69, 9.17) is 0 Å². The first-order valence-corrected chi connectivity index (χ1v) is 8.84. The van der Waals surface area contributed by atoms with Crippen molar-refractivity contribution in [1.82, 2.24) is 4.90 Å². The van der Waals surface area contributed by atoms with Gasteiger partial charge in [-0.05, 0) is 42.3 Å². The zero-order valence-corrected chi connectivity index (χ0v) is 13.4. The van der Waals surface area contributed by atoms with Crippen LogP contribution in [0.15, 0.2) is 41.8 Å². The molecule has 2 heterocycles. The van der Waals surface area contributed by atoms with Crippen molar-refractivity contribution < 1.29 is 4.79 Å². The highest BCUT2D eigenvalue weighted by Gasteiger charge is 2.34. The highest BCUT2D eigenvalue weighted by molar-refractivity contribution is 7.09. The second kappa shape index (κ2) is 5.76. The van der Waals surface area contributed by atoms with E-state index in [1.54, 1.807) is 11.3 Å². The van der Waals surface area contributed by atoms with Gasteiger partial charge in [0, 0.05) is 23.2 Å². The molecule has 22 heavy (non-hydrogen) atoms. The van der Waals surface area contributed by atoms with Gasteiger partial charge in [0.15, 0.2) is 0 Å². The standard InChI is InChI=1S/C18H20N2OS/c21-18(13-19-10-9-14-4-1-2-6-17(14)19)20(15-7-8-15)12-16-5-3-11-22-16/h1-6,11,15H,7-10,12-13H2. The maximum Gasteiger partial charge on any atom is 0.242 e. The Morgan fingerprint density at radius 2 is 2.09 bits per heavy atom. The summed E-state index contributed by atoms with van der Waals surface area (Å²) in [5, 5.41) is 2.08. The normalized spacial score (nSPS) is 16.6. The zero-order chi connectivity index (χ0) is 14.9. The molecular formula is C18H20N2OS. The molecule has 3 nitrogen and oxygen atoms in total. The predicted octanol–water partition coefficient (Wildman–Crippen LogP) is 3.30. The number of hydrogen-bond acceptors (Lipinski definition) is 3. The van der Waals surface area contributed by atoms with Crippen molar-refractivity contribution in [3.63, 3.8) is 0 Å². The monoisotopic (exact) mass is 312 g/mol. The SMILES string of the molecule is O=C(CN1CCc2ccccc21)N(Cc1cccs1)C1CC1. The van der Waals surface area contributed by atoms with Gasteiger partial charge in [0.1, 0.15) is 0 Å². The number of rotatable bonds is 5. The summed E-state index contributed by atoms with van der Waals surface area (Å²) in [7, 11) is 0. The van der Waals surface area contributed by atoms with Crippen molar-refractivity contribution in [3.8, 4) is 0 Å². The zero-order valence-electron chi connectivity index (χ0n) is 12.6. The second-order valence-corrected chi connectivity index (χ2v) is 7.16. The summed E-state index contributed by atoms with van der Waals surface area (Å²) in [6, 6.07) is 13.1. The number of thiophene rings is 1. The topological polar surface area (TPSA) is 23.6 Å². The Kier molecular flexibility index (Phi) is 3.62. The van der Waals surface area contributed by atoms with E-state index in [0.29, 0.717) is 12.6 Å². The van der Waals surface area contributed by atoms with Crippen molar-refractivity contribution in [1.29, 1.82) is 0 Å². The maximum absolute atomic E-state index is 12.8. The number of carbonyl (C=O) groups is 1. The molecule has 0 saturated heterocycles. The number of benzene rings is 1. The fourth-order valence-corrected chi connectivity index (χ4v) is 3.91. The molecule has 0 unspecified atom stereocenters. The van der Waals surface area contributed by atoms with Gasteiger partial charge in [-0.25, -0.2) is 0 Å². The fourth-order valence-electron chi connectivity index (χ4n) is 3.20. The van der Waals surface area contributed by atoms with Gasteiger partial charge in [-0.15, -0.1) is 11.3 Å². The van der Waals surface area contributed by atoms with Gasteiger partial charge in [0.2, 0.25) is 5.91 Å². The summed E-state index contributed by atoms with van der Waals surface area (Å²) >= 11 is 1.74. The molecule has 0 atom stereocenters. The lowest BCUT2D eigenvalue weighted by Gasteiger charge is -2.26. The van der Waals surface area contributed by atoms with E-state index in [2.05, 4.69) is 51.6 Å². The van der Waals surface area contributed by atoms with Crippen LogP contribution in [0.5, 0.6) is 0 Å². The number of nitrogens with zero attached hydrogens (tertiary/aromatic N) is 2. The molecule has 0 spiro atoms. The lowest BCUT2D eigenvalue weighted by Crippen LogP contribution is -2.40. The van der Waals surface area contributed by atoms with Crippen molar-refractivity contribution in [2.45, 2.75) is 31.8 Å². The molecule has 1 aliphatic heterocycles. The van der Waals surface area contributed by atoms with E-state index in [-0.39, 0.29) is 5.91 Å². The molecule has 4 rings (SSSR count). The van der Waals surface area contributed by atoms with Crippen LogP contribution >= 0.6 is 11.3 Å². The Labute approximate surface area is 135 Å². The average Bonchev–Trinajstić information content (AvgIpc) is 3.09. The van der Waals surface area contributed by atoms with E-state index >= 15 is 0 Å². The second-order valence-electron chi connectivity index (χ2n) is 6.13. The molecule has 1 fully saturated rings. The highest BCUT2D eigenvalue weighted by atomic mass is 32.1. The third kappa shape index (κ3) is 2.75.